The Morgan fingerprint density at radius 1 is 1.35 bits per heavy atom. The molecule has 8 heteroatoms. The molecule has 0 radical (unpaired) electrons. The van der Waals surface area contributed by atoms with E-state index in [1.54, 1.807) is 6.92 Å². The zero-order valence-electron chi connectivity index (χ0n) is 11.1. The van der Waals surface area contributed by atoms with E-state index >= 15 is 0 Å². The highest BCUT2D eigenvalue weighted by Gasteiger charge is 2.33. The van der Waals surface area contributed by atoms with Gasteiger partial charge in [0.1, 0.15) is 5.82 Å². The van der Waals surface area contributed by atoms with Crippen molar-refractivity contribution in [2.24, 2.45) is 0 Å². The molecule has 4 nitrogen and oxygen atoms in total. The van der Waals surface area contributed by atoms with Gasteiger partial charge in [0.15, 0.2) is 5.69 Å². The van der Waals surface area contributed by atoms with Gasteiger partial charge >= 0.3 is 6.18 Å². The van der Waals surface area contributed by atoms with E-state index in [0.29, 0.717) is 18.3 Å². The lowest BCUT2D eigenvalue weighted by molar-refractivity contribution is -0.141. The van der Waals surface area contributed by atoms with E-state index in [4.69, 9.17) is 0 Å². The molecule has 0 aromatic carbocycles. The van der Waals surface area contributed by atoms with Crippen LogP contribution < -0.4 is 10.6 Å². The maximum atomic E-state index is 12.8. The van der Waals surface area contributed by atoms with Crippen LogP contribution in [0.1, 0.15) is 25.5 Å². The number of hydrogen-bond donors (Lipinski definition) is 2. The van der Waals surface area contributed by atoms with E-state index in [1.165, 1.54) is 0 Å². The topological polar surface area (TPSA) is 49.8 Å². The van der Waals surface area contributed by atoms with Gasteiger partial charge < -0.3 is 10.6 Å². The van der Waals surface area contributed by atoms with Crippen LogP contribution in [0.2, 0.25) is 0 Å². The van der Waals surface area contributed by atoms with E-state index in [-0.39, 0.29) is 11.8 Å². The molecule has 0 amide bonds. The molecule has 2 N–H and O–H groups in total. The molecule has 1 aromatic heterocycles. The number of nitrogens with zero attached hydrogens (tertiary/aromatic N) is 2. The van der Waals surface area contributed by atoms with Crippen molar-refractivity contribution in [1.29, 1.82) is 0 Å². The lowest BCUT2D eigenvalue weighted by atomic mass is 10.2. The Bertz CT molecular complexity index is 447. The third kappa shape index (κ3) is 4.16. The van der Waals surface area contributed by atoms with Crippen LogP contribution in [-0.2, 0) is 6.18 Å². The van der Waals surface area contributed by atoms with Crippen LogP contribution in [0.15, 0.2) is 6.07 Å². The molecule has 0 aliphatic carbocycles. The van der Waals surface area contributed by atoms with Crippen molar-refractivity contribution in [3.8, 4) is 0 Å². The lowest BCUT2D eigenvalue weighted by Crippen LogP contribution is -2.17. The summed E-state index contributed by atoms with van der Waals surface area (Å²) < 4.78 is 38.3. The van der Waals surface area contributed by atoms with Gasteiger partial charge in [-0.25, -0.2) is 4.98 Å². The molecule has 1 fully saturated rings. The summed E-state index contributed by atoms with van der Waals surface area (Å²) in [4.78, 5) is 7.54. The molecule has 1 saturated heterocycles. The molecule has 1 aliphatic heterocycles. The SMILES string of the molecule is CCNc1nc(NCC2CCCS2)cc(C(F)(F)F)n1. The fraction of sp³-hybridized carbons (Fsp3) is 0.667. The number of halogens is 3. The van der Waals surface area contributed by atoms with Crippen molar-refractivity contribution in [3.63, 3.8) is 0 Å². The molecule has 20 heavy (non-hydrogen) atoms. The standard InChI is InChI=1S/C12H17F3N4S/c1-2-16-11-18-9(12(13,14)15)6-10(19-11)17-7-8-4-3-5-20-8/h6,8H,2-5,7H2,1H3,(H2,16,17,18,19). The third-order valence-electron chi connectivity index (χ3n) is 2.89. The van der Waals surface area contributed by atoms with Crippen molar-refractivity contribution < 1.29 is 13.2 Å². The fourth-order valence-electron chi connectivity index (χ4n) is 1.94. The summed E-state index contributed by atoms with van der Waals surface area (Å²) in [5.74, 6) is 1.34. The number of rotatable bonds is 5. The summed E-state index contributed by atoms with van der Waals surface area (Å²) >= 11 is 1.84. The normalized spacial score (nSPS) is 19.1. The molecule has 0 spiro atoms. The van der Waals surface area contributed by atoms with E-state index in [1.807, 2.05) is 11.8 Å². The van der Waals surface area contributed by atoms with Gasteiger partial charge in [-0.15, -0.1) is 0 Å². The fourth-order valence-corrected chi connectivity index (χ4v) is 3.15. The predicted octanol–water partition coefficient (Wildman–Crippen LogP) is 3.23. The Morgan fingerprint density at radius 3 is 2.75 bits per heavy atom. The van der Waals surface area contributed by atoms with Crippen LogP contribution in [0.25, 0.3) is 0 Å². The number of aromatic nitrogens is 2. The molecule has 2 rings (SSSR count). The third-order valence-corrected chi connectivity index (χ3v) is 4.28. The first-order valence-corrected chi connectivity index (χ1v) is 7.59. The van der Waals surface area contributed by atoms with Gasteiger partial charge in [0.05, 0.1) is 0 Å². The number of thioether (sulfide) groups is 1. The number of nitrogens with one attached hydrogen (secondary N) is 2. The van der Waals surface area contributed by atoms with Crippen molar-refractivity contribution >= 4 is 23.5 Å². The van der Waals surface area contributed by atoms with Gasteiger partial charge in [-0.2, -0.15) is 29.9 Å². The number of anilines is 2. The Balaban J connectivity index is 2.11. The zero-order chi connectivity index (χ0) is 14.6. The van der Waals surface area contributed by atoms with Crippen LogP contribution in [0.5, 0.6) is 0 Å². The summed E-state index contributed by atoms with van der Waals surface area (Å²) in [6.45, 7) is 2.88. The summed E-state index contributed by atoms with van der Waals surface area (Å²) in [7, 11) is 0. The molecule has 1 atom stereocenters. The van der Waals surface area contributed by atoms with Crippen molar-refractivity contribution in [2.75, 3.05) is 29.5 Å². The minimum absolute atomic E-state index is 0.00361. The summed E-state index contributed by atoms with van der Waals surface area (Å²) in [6, 6.07) is 0.959. The van der Waals surface area contributed by atoms with Gasteiger partial charge in [0.2, 0.25) is 5.95 Å². The van der Waals surface area contributed by atoms with Crippen molar-refractivity contribution in [3.05, 3.63) is 11.8 Å². The average Bonchev–Trinajstić information content (AvgIpc) is 2.88. The Morgan fingerprint density at radius 2 is 2.15 bits per heavy atom. The summed E-state index contributed by atoms with van der Waals surface area (Å²) in [6.07, 6.45) is -2.21. The van der Waals surface area contributed by atoms with Gasteiger partial charge in [-0.1, -0.05) is 0 Å². The minimum Gasteiger partial charge on any atom is -0.369 e. The summed E-state index contributed by atoms with van der Waals surface area (Å²) in [5.41, 5.74) is -0.926. The first kappa shape index (κ1) is 15.2. The van der Waals surface area contributed by atoms with Gasteiger partial charge in [0.25, 0.3) is 0 Å². The molecular weight excluding hydrogens is 289 g/mol. The van der Waals surface area contributed by atoms with Crippen LogP contribution in [0.3, 0.4) is 0 Å². The van der Waals surface area contributed by atoms with Crippen LogP contribution in [0.4, 0.5) is 24.9 Å². The Labute approximate surface area is 120 Å². The van der Waals surface area contributed by atoms with Crippen LogP contribution in [-0.4, -0.2) is 34.1 Å². The predicted molar refractivity (Wildman–Crippen MR) is 75.2 cm³/mol. The first-order chi connectivity index (χ1) is 9.49. The highest BCUT2D eigenvalue weighted by atomic mass is 32.2. The van der Waals surface area contributed by atoms with Gasteiger partial charge in [0, 0.05) is 24.4 Å². The van der Waals surface area contributed by atoms with Crippen molar-refractivity contribution in [1.82, 2.24) is 9.97 Å². The molecule has 1 aromatic rings. The van der Waals surface area contributed by atoms with E-state index in [0.717, 1.165) is 24.7 Å². The minimum atomic E-state index is -4.47. The second kappa shape index (κ2) is 6.51. The second-order valence-electron chi connectivity index (χ2n) is 4.51. The first-order valence-electron chi connectivity index (χ1n) is 6.54. The second-order valence-corrected chi connectivity index (χ2v) is 5.91. The average molecular weight is 306 g/mol. The van der Waals surface area contributed by atoms with Gasteiger partial charge in [-0.05, 0) is 25.5 Å². The molecule has 0 saturated carbocycles. The van der Waals surface area contributed by atoms with E-state index in [9.17, 15) is 13.2 Å². The molecular formula is C12H17F3N4S. The van der Waals surface area contributed by atoms with E-state index in [2.05, 4.69) is 20.6 Å². The monoisotopic (exact) mass is 306 g/mol. The quantitative estimate of drug-likeness (QED) is 0.874. The molecule has 1 aliphatic rings. The van der Waals surface area contributed by atoms with Crippen molar-refractivity contribution in [2.45, 2.75) is 31.2 Å². The highest BCUT2D eigenvalue weighted by Crippen LogP contribution is 2.30. The number of hydrogen-bond acceptors (Lipinski definition) is 5. The highest BCUT2D eigenvalue weighted by molar-refractivity contribution is 8.00. The summed E-state index contributed by atoms with van der Waals surface area (Å²) in [5, 5.41) is 6.15. The molecule has 1 unspecified atom stereocenters. The maximum absolute atomic E-state index is 12.8. The Kier molecular flexibility index (Phi) is 4.95. The maximum Gasteiger partial charge on any atom is 0.433 e. The van der Waals surface area contributed by atoms with Crippen LogP contribution in [0, 0.1) is 0 Å². The lowest BCUT2D eigenvalue weighted by Gasteiger charge is -2.14. The largest absolute Gasteiger partial charge is 0.433 e. The smallest absolute Gasteiger partial charge is 0.369 e. The zero-order valence-corrected chi connectivity index (χ0v) is 11.9. The Hall–Kier alpha value is -1.18. The van der Waals surface area contributed by atoms with Crippen LogP contribution >= 0.6 is 11.8 Å². The van der Waals surface area contributed by atoms with Gasteiger partial charge in [-0.3, -0.25) is 0 Å². The molecule has 0 bridgehead atoms. The molecule has 2 heterocycles. The molecule has 112 valence electrons. The number of alkyl halides is 3. The van der Waals surface area contributed by atoms with E-state index < -0.39 is 11.9 Å².